The summed E-state index contributed by atoms with van der Waals surface area (Å²) in [6, 6.07) is 3.39. The Balaban J connectivity index is 2.73. The molecular weight excluding hydrogens is 384 g/mol. The van der Waals surface area contributed by atoms with Crippen LogP contribution in [0.4, 0.5) is 23.2 Å². The van der Waals surface area contributed by atoms with Crippen molar-refractivity contribution in [3.05, 3.63) is 35.9 Å². The number of rotatable bonds is 10. The molecule has 0 aliphatic carbocycles. The molecule has 0 radical (unpaired) electrons. The van der Waals surface area contributed by atoms with Crippen molar-refractivity contribution in [2.75, 3.05) is 24.7 Å². The Kier molecular flexibility index (Phi) is 9.84. The van der Waals surface area contributed by atoms with Crippen LogP contribution in [-0.4, -0.2) is 52.9 Å². The van der Waals surface area contributed by atoms with Gasteiger partial charge in [0.05, 0.1) is 36.8 Å². The summed E-state index contributed by atoms with van der Waals surface area (Å²) in [6.07, 6.45) is -0.702. The molecule has 0 atom stereocenters. The molecule has 0 saturated heterocycles. The van der Waals surface area contributed by atoms with E-state index < -0.39 is 25.2 Å². The van der Waals surface area contributed by atoms with Gasteiger partial charge in [-0.25, -0.2) is 4.39 Å². The number of allylic oxidation sites excluding steroid dienone is 2. The van der Waals surface area contributed by atoms with Gasteiger partial charge in [0.25, 0.3) is 0 Å². The number of aliphatic imine (C=N–C) groups is 1. The van der Waals surface area contributed by atoms with Crippen molar-refractivity contribution in [3.63, 3.8) is 0 Å². The lowest BCUT2D eigenvalue weighted by atomic mass is 10.2. The van der Waals surface area contributed by atoms with E-state index in [0.29, 0.717) is 5.69 Å². The number of amides is 1. The number of nitrogens with two attached hydrogens (primary N) is 1. The minimum atomic E-state index is -4.22. The Hall–Kier alpha value is -2.10. The molecule has 0 unspecified atom stereocenters. The number of carbonyl (C=O) groups is 1. The summed E-state index contributed by atoms with van der Waals surface area (Å²) >= 11 is 1.02. The van der Waals surface area contributed by atoms with Crippen LogP contribution in [0.5, 0.6) is 0 Å². The first kappa shape index (κ1) is 22.9. The average molecular weight is 406 g/mol. The third kappa shape index (κ3) is 9.41. The van der Waals surface area contributed by atoms with Gasteiger partial charge in [-0.05, 0) is 19.1 Å². The zero-order valence-corrected chi connectivity index (χ0v) is 15.7. The SMILES string of the molecule is CC(N)=C(C=Nc1cccnc1)N(CCF)C(=O)CCSCCC(F)(F)F. The fourth-order valence-corrected chi connectivity index (χ4v) is 2.90. The van der Waals surface area contributed by atoms with Gasteiger partial charge in [-0.3, -0.25) is 14.8 Å². The molecule has 0 saturated carbocycles. The first-order valence-corrected chi connectivity index (χ1v) is 9.31. The number of hydrogen-bond acceptors (Lipinski definition) is 5. The van der Waals surface area contributed by atoms with Crippen LogP contribution in [0.3, 0.4) is 0 Å². The molecule has 0 aromatic carbocycles. The standard InChI is InChI=1S/C17H22F4N4OS/c1-13(22)15(12-24-14-3-2-7-23-11-14)25(8-6-18)16(26)4-9-27-10-5-17(19,20)21/h2-3,7,11-12H,4-6,8-10,22H2,1H3. The molecule has 0 aliphatic heterocycles. The van der Waals surface area contributed by atoms with E-state index in [1.165, 1.54) is 17.3 Å². The maximum Gasteiger partial charge on any atom is 0.389 e. The second-order valence-corrected chi connectivity index (χ2v) is 6.72. The fourth-order valence-electron chi connectivity index (χ4n) is 2.00. The maximum atomic E-state index is 12.9. The molecule has 0 fully saturated rings. The quantitative estimate of drug-likeness (QED) is 0.364. The topological polar surface area (TPSA) is 71.6 Å². The molecule has 1 aromatic heterocycles. The zero-order chi connectivity index (χ0) is 20.3. The van der Waals surface area contributed by atoms with E-state index in [4.69, 9.17) is 5.73 Å². The summed E-state index contributed by atoms with van der Waals surface area (Å²) in [6.45, 7) is 0.556. The molecule has 1 rings (SSSR count). The van der Waals surface area contributed by atoms with Gasteiger partial charge >= 0.3 is 6.18 Å². The highest BCUT2D eigenvalue weighted by atomic mass is 32.2. The summed E-state index contributed by atoms with van der Waals surface area (Å²) in [5, 5.41) is 0. The first-order chi connectivity index (χ1) is 12.7. The number of aromatic nitrogens is 1. The third-order valence-corrected chi connectivity index (χ3v) is 4.26. The van der Waals surface area contributed by atoms with Gasteiger partial charge in [-0.15, -0.1) is 0 Å². The molecule has 10 heteroatoms. The number of carbonyl (C=O) groups excluding carboxylic acids is 1. The number of pyridine rings is 1. The fraction of sp³-hybridized carbons (Fsp3) is 0.471. The van der Waals surface area contributed by atoms with E-state index in [-0.39, 0.29) is 35.9 Å². The van der Waals surface area contributed by atoms with Gasteiger partial charge in [0, 0.05) is 29.8 Å². The summed E-state index contributed by atoms with van der Waals surface area (Å²) in [7, 11) is 0. The molecule has 150 valence electrons. The lowest BCUT2D eigenvalue weighted by Gasteiger charge is -2.23. The second kappa shape index (κ2) is 11.6. The Bertz CT molecular complexity index is 646. The molecular formula is C17H22F4N4OS. The van der Waals surface area contributed by atoms with Crippen LogP contribution in [0.1, 0.15) is 19.8 Å². The van der Waals surface area contributed by atoms with Crippen molar-refractivity contribution >= 4 is 29.6 Å². The Morgan fingerprint density at radius 3 is 2.70 bits per heavy atom. The number of alkyl halides is 4. The Morgan fingerprint density at radius 1 is 1.41 bits per heavy atom. The summed E-state index contributed by atoms with van der Waals surface area (Å²) in [4.78, 5) is 21.7. The van der Waals surface area contributed by atoms with Gasteiger partial charge < -0.3 is 10.6 Å². The zero-order valence-electron chi connectivity index (χ0n) is 14.9. The predicted molar refractivity (Wildman–Crippen MR) is 99.6 cm³/mol. The van der Waals surface area contributed by atoms with Gasteiger partial charge in [0.15, 0.2) is 0 Å². The van der Waals surface area contributed by atoms with Crippen molar-refractivity contribution in [1.82, 2.24) is 9.88 Å². The van der Waals surface area contributed by atoms with Crippen molar-refractivity contribution in [3.8, 4) is 0 Å². The summed E-state index contributed by atoms with van der Waals surface area (Å²) in [5.74, 6) is -0.348. The molecule has 27 heavy (non-hydrogen) atoms. The Labute approximate surface area is 159 Å². The highest BCUT2D eigenvalue weighted by Gasteiger charge is 2.26. The molecule has 1 heterocycles. The van der Waals surface area contributed by atoms with Crippen LogP contribution in [0.2, 0.25) is 0 Å². The highest BCUT2D eigenvalue weighted by Crippen LogP contribution is 2.22. The molecule has 0 bridgehead atoms. The molecule has 5 nitrogen and oxygen atoms in total. The van der Waals surface area contributed by atoms with E-state index in [1.807, 2.05) is 0 Å². The molecule has 0 spiro atoms. The van der Waals surface area contributed by atoms with E-state index in [0.717, 1.165) is 11.8 Å². The van der Waals surface area contributed by atoms with Crippen LogP contribution >= 0.6 is 11.8 Å². The van der Waals surface area contributed by atoms with Crippen molar-refractivity contribution in [1.29, 1.82) is 0 Å². The smallest absolute Gasteiger partial charge is 0.389 e. The van der Waals surface area contributed by atoms with Crippen molar-refractivity contribution < 1.29 is 22.4 Å². The van der Waals surface area contributed by atoms with Crippen LogP contribution < -0.4 is 5.73 Å². The second-order valence-electron chi connectivity index (χ2n) is 5.50. The molecule has 0 aliphatic rings. The average Bonchev–Trinajstić information content (AvgIpc) is 2.60. The predicted octanol–water partition coefficient (Wildman–Crippen LogP) is 3.85. The normalized spacial score (nSPS) is 12.9. The monoisotopic (exact) mass is 406 g/mol. The lowest BCUT2D eigenvalue weighted by Crippen LogP contribution is -2.34. The minimum absolute atomic E-state index is 0.0277. The van der Waals surface area contributed by atoms with E-state index >= 15 is 0 Å². The third-order valence-electron chi connectivity index (χ3n) is 3.28. The van der Waals surface area contributed by atoms with Crippen molar-refractivity contribution in [2.45, 2.75) is 25.9 Å². The van der Waals surface area contributed by atoms with Gasteiger partial charge in [-0.1, -0.05) is 0 Å². The van der Waals surface area contributed by atoms with Crippen LogP contribution in [-0.2, 0) is 4.79 Å². The molecule has 2 N–H and O–H groups in total. The van der Waals surface area contributed by atoms with E-state index in [2.05, 4.69) is 9.98 Å². The molecule has 1 amide bonds. The van der Waals surface area contributed by atoms with E-state index in [1.54, 1.807) is 25.3 Å². The molecule has 1 aromatic rings. The van der Waals surface area contributed by atoms with Gasteiger partial charge in [0.1, 0.15) is 6.67 Å². The van der Waals surface area contributed by atoms with Crippen LogP contribution in [0.25, 0.3) is 0 Å². The van der Waals surface area contributed by atoms with Crippen LogP contribution in [0, 0.1) is 0 Å². The minimum Gasteiger partial charge on any atom is -0.401 e. The largest absolute Gasteiger partial charge is 0.401 e. The maximum absolute atomic E-state index is 12.9. The number of thioether (sulfide) groups is 1. The Morgan fingerprint density at radius 2 is 2.15 bits per heavy atom. The van der Waals surface area contributed by atoms with Crippen molar-refractivity contribution in [2.24, 2.45) is 10.7 Å². The summed E-state index contributed by atoms with van der Waals surface area (Å²) < 4.78 is 49.3. The van der Waals surface area contributed by atoms with E-state index in [9.17, 15) is 22.4 Å². The van der Waals surface area contributed by atoms with Gasteiger partial charge in [-0.2, -0.15) is 24.9 Å². The van der Waals surface area contributed by atoms with Crippen LogP contribution in [0.15, 0.2) is 40.9 Å². The van der Waals surface area contributed by atoms with Gasteiger partial charge in [0.2, 0.25) is 5.91 Å². The number of halogens is 4. The lowest BCUT2D eigenvalue weighted by molar-refractivity contribution is -0.129. The highest BCUT2D eigenvalue weighted by molar-refractivity contribution is 7.99. The first-order valence-electron chi connectivity index (χ1n) is 8.16. The number of nitrogens with zero attached hydrogens (tertiary/aromatic N) is 3. The number of hydrogen-bond donors (Lipinski definition) is 1. The summed E-state index contributed by atoms with van der Waals surface area (Å²) in [5.41, 5.74) is 6.88.